The van der Waals surface area contributed by atoms with Crippen LogP contribution in [-0.2, 0) is 11.2 Å². The Balaban J connectivity index is 1.43. The van der Waals surface area contributed by atoms with Crippen molar-refractivity contribution in [1.29, 1.82) is 0 Å². The second-order valence-corrected chi connectivity index (χ2v) is 6.85. The number of anilines is 1. The van der Waals surface area contributed by atoms with E-state index in [0.717, 1.165) is 27.3 Å². The topological polar surface area (TPSA) is 99.4 Å². The minimum absolute atomic E-state index is 0.0393. The Morgan fingerprint density at radius 2 is 1.82 bits per heavy atom. The predicted molar refractivity (Wildman–Crippen MR) is 105 cm³/mol. The number of hydrogen-bond donors (Lipinski definition) is 1. The van der Waals surface area contributed by atoms with E-state index in [1.54, 1.807) is 26.4 Å². The molecule has 8 nitrogen and oxygen atoms in total. The number of nitrogens with one attached hydrogen (secondary N) is 1. The molecule has 1 N–H and O–H groups in total. The first-order valence-electron chi connectivity index (χ1n) is 8.36. The summed E-state index contributed by atoms with van der Waals surface area (Å²) in [7, 11) is 3.21. The maximum absolute atomic E-state index is 12.3. The van der Waals surface area contributed by atoms with Crippen molar-refractivity contribution in [2.45, 2.75) is 6.42 Å². The van der Waals surface area contributed by atoms with Gasteiger partial charge in [0, 0.05) is 5.56 Å². The summed E-state index contributed by atoms with van der Waals surface area (Å²) in [5.74, 6) is 1.84. The Morgan fingerprint density at radius 3 is 2.57 bits per heavy atom. The number of benzene rings is 2. The third kappa shape index (κ3) is 3.79. The number of ether oxygens (including phenoxy) is 2. The van der Waals surface area contributed by atoms with Gasteiger partial charge in [-0.25, -0.2) is 4.98 Å². The molecule has 0 aliphatic carbocycles. The summed E-state index contributed by atoms with van der Waals surface area (Å²) >= 11 is 1.37. The SMILES string of the molecule is COc1ccc(-c2noc(CC(=O)Nc3nc4ccc(OC)cc4s3)n2)cc1. The lowest BCUT2D eigenvalue weighted by Crippen LogP contribution is -2.14. The average Bonchev–Trinajstić information content (AvgIpc) is 3.33. The van der Waals surface area contributed by atoms with Gasteiger partial charge in [0.2, 0.25) is 17.6 Å². The van der Waals surface area contributed by atoms with E-state index >= 15 is 0 Å². The van der Waals surface area contributed by atoms with Crippen LogP contribution in [0.5, 0.6) is 11.5 Å². The molecular weight excluding hydrogens is 380 g/mol. The fourth-order valence-corrected chi connectivity index (χ4v) is 3.48. The zero-order valence-corrected chi connectivity index (χ0v) is 15.9. The second-order valence-electron chi connectivity index (χ2n) is 5.82. The van der Waals surface area contributed by atoms with Crippen molar-refractivity contribution in [1.82, 2.24) is 15.1 Å². The number of carbonyl (C=O) groups excluding carboxylic acids is 1. The Morgan fingerprint density at radius 1 is 1.07 bits per heavy atom. The van der Waals surface area contributed by atoms with Gasteiger partial charge in [-0.05, 0) is 42.5 Å². The van der Waals surface area contributed by atoms with Gasteiger partial charge in [-0.2, -0.15) is 4.98 Å². The van der Waals surface area contributed by atoms with Gasteiger partial charge in [0.15, 0.2) is 5.13 Å². The van der Waals surface area contributed by atoms with Gasteiger partial charge in [-0.3, -0.25) is 4.79 Å². The van der Waals surface area contributed by atoms with Crippen LogP contribution >= 0.6 is 11.3 Å². The normalized spacial score (nSPS) is 10.8. The van der Waals surface area contributed by atoms with E-state index in [9.17, 15) is 4.79 Å². The van der Waals surface area contributed by atoms with Gasteiger partial charge in [0.05, 0.1) is 24.4 Å². The van der Waals surface area contributed by atoms with Crippen molar-refractivity contribution in [3.05, 3.63) is 48.4 Å². The van der Waals surface area contributed by atoms with E-state index in [0.29, 0.717) is 11.0 Å². The molecule has 0 unspecified atom stereocenters. The number of rotatable bonds is 6. The highest BCUT2D eigenvalue weighted by Crippen LogP contribution is 2.29. The number of methoxy groups -OCH3 is 2. The third-order valence-corrected chi connectivity index (χ3v) is 4.90. The van der Waals surface area contributed by atoms with Crippen LogP contribution in [0.3, 0.4) is 0 Å². The highest BCUT2D eigenvalue weighted by molar-refractivity contribution is 7.22. The van der Waals surface area contributed by atoms with E-state index in [1.807, 2.05) is 30.3 Å². The number of fused-ring (bicyclic) bond motifs is 1. The number of aromatic nitrogens is 3. The highest BCUT2D eigenvalue weighted by atomic mass is 32.1. The molecule has 2 aromatic carbocycles. The van der Waals surface area contributed by atoms with E-state index in [1.165, 1.54) is 11.3 Å². The highest BCUT2D eigenvalue weighted by Gasteiger charge is 2.14. The predicted octanol–water partition coefficient (Wildman–Crippen LogP) is 3.54. The second kappa shape index (κ2) is 7.65. The van der Waals surface area contributed by atoms with Crippen molar-refractivity contribution in [3.8, 4) is 22.9 Å². The number of nitrogens with zero attached hydrogens (tertiary/aromatic N) is 3. The lowest BCUT2D eigenvalue weighted by Gasteiger charge is -1.99. The molecule has 0 atom stereocenters. The van der Waals surface area contributed by atoms with E-state index < -0.39 is 0 Å². The minimum Gasteiger partial charge on any atom is -0.497 e. The van der Waals surface area contributed by atoms with Crippen LogP contribution in [0.2, 0.25) is 0 Å². The maximum atomic E-state index is 12.3. The Labute approximate surface area is 164 Å². The van der Waals surface area contributed by atoms with Crippen molar-refractivity contribution in [2.75, 3.05) is 19.5 Å². The molecule has 9 heteroatoms. The summed E-state index contributed by atoms with van der Waals surface area (Å²) in [5.41, 5.74) is 1.57. The molecule has 0 aliphatic rings. The van der Waals surface area contributed by atoms with E-state index in [2.05, 4.69) is 20.4 Å². The molecule has 4 rings (SSSR count). The number of carbonyl (C=O) groups is 1. The standard InChI is InChI=1S/C19H16N4O4S/c1-25-12-5-3-11(4-6-12)18-22-17(27-23-18)10-16(24)21-19-20-14-8-7-13(26-2)9-15(14)28-19/h3-9H,10H2,1-2H3,(H,20,21,24). The quantitative estimate of drug-likeness (QED) is 0.532. The lowest BCUT2D eigenvalue weighted by molar-refractivity contribution is -0.115. The summed E-state index contributed by atoms with van der Waals surface area (Å²) < 4.78 is 16.4. The molecule has 4 aromatic rings. The fraction of sp³-hybridized carbons (Fsp3) is 0.158. The smallest absolute Gasteiger partial charge is 0.236 e. The molecule has 0 aliphatic heterocycles. The molecule has 2 aromatic heterocycles. The largest absolute Gasteiger partial charge is 0.497 e. The van der Waals surface area contributed by atoms with Crippen molar-refractivity contribution in [3.63, 3.8) is 0 Å². The molecule has 0 spiro atoms. The number of hydrogen-bond acceptors (Lipinski definition) is 8. The van der Waals surface area contributed by atoms with Crippen molar-refractivity contribution in [2.24, 2.45) is 0 Å². The summed E-state index contributed by atoms with van der Waals surface area (Å²) in [6.45, 7) is 0. The zero-order chi connectivity index (χ0) is 19.5. The molecule has 0 fully saturated rings. The molecule has 0 saturated carbocycles. The fourth-order valence-electron chi connectivity index (χ4n) is 2.57. The molecule has 0 saturated heterocycles. The van der Waals surface area contributed by atoms with Crippen LogP contribution in [0.25, 0.3) is 21.6 Å². The van der Waals surface area contributed by atoms with Crippen LogP contribution in [-0.4, -0.2) is 35.3 Å². The van der Waals surface area contributed by atoms with E-state index in [-0.39, 0.29) is 18.2 Å². The van der Waals surface area contributed by atoms with Crippen LogP contribution in [0.1, 0.15) is 5.89 Å². The first-order chi connectivity index (χ1) is 13.6. The van der Waals surface area contributed by atoms with Crippen LogP contribution < -0.4 is 14.8 Å². The molecule has 0 radical (unpaired) electrons. The van der Waals surface area contributed by atoms with Crippen molar-refractivity contribution < 1.29 is 18.8 Å². The zero-order valence-electron chi connectivity index (χ0n) is 15.1. The van der Waals surface area contributed by atoms with Gasteiger partial charge in [-0.15, -0.1) is 0 Å². The Bertz CT molecular complexity index is 1120. The molecule has 28 heavy (non-hydrogen) atoms. The molecular formula is C19H16N4O4S. The monoisotopic (exact) mass is 396 g/mol. The average molecular weight is 396 g/mol. The molecule has 0 bridgehead atoms. The summed E-state index contributed by atoms with van der Waals surface area (Å²) in [6.07, 6.45) is -0.0393. The molecule has 2 heterocycles. The molecule has 1 amide bonds. The Hall–Kier alpha value is -3.46. The van der Waals surface area contributed by atoms with Crippen molar-refractivity contribution >= 4 is 32.6 Å². The first-order valence-corrected chi connectivity index (χ1v) is 9.17. The summed E-state index contributed by atoms with van der Waals surface area (Å²) in [6, 6.07) is 12.8. The van der Waals surface area contributed by atoms with Gasteiger partial charge in [0.1, 0.15) is 17.9 Å². The maximum Gasteiger partial charge on any atom is 0.236 e. The van der Waals surface area contributed by atoms with Crippen LogP contribution in [0.15, 0.2) is 47.0 Å². The van der Waals surface area contributed by atoms with Gasteiger partial charge >= 0.3 is 0 Å². The van der Waals surface area contributed by atoms with Crippen LogP contribution in [0, 0.1) is 0 Å². The number of thiazole rings is 1. The lowest BCUT2D eigenvalue weighted by atomic mass is 10.2. The van der Waals surface area contributed by atoms with Gasteiger partial charge in [0.25, 0.3) is 0 Å². The first kappa shape index (κ1) is 17.9. The third-order valence-electron chi connectivity index (χ3n) is 3.97. The Kier molecular flexibility index (Phi) is 4.90. The van der Waals surface area contributed by atoms with Gasteiger partial charge < -0.3 is 19.3 Å². The number of amides is 1. The summed E-state index contributed by atoms with van der Waals surface area (Å²) in [4.78, 5) is 21.0. The van der Waals surface area contributed by atoms with Gasteiger partial charge in [-0.1, -0.05) is 16.5 Å². The van der Waals surface area contributed by atoms with Crippen LogP contribution in [0.4, 0.5) is 5.13 Å². The minimum atomic E-state index is -0.282. The molecule has 142 valence electrons. The van der Waals surface area contributed by atoms with E-state index in [4.69, 9.17) is 14.0 Å². The summed E-state index contributed by atoms with van der Waals surface area (Å²) in [5, 5.41) is 7.19.